The largest absolute Gasteiger partial charge is 0.454 e. The van der Waals surface area contributed by atoms with Gasteiger partial charge >= 0.3 is 5.97 Å². The van der Waals surface area contributed by atoms with Crippen molar-refractivity contribution in [1.82, 2.24) is 4.90 Å². The van der Waals surface area contributed by atoms with Crippen LogP contribution in [0.5, 0.6) is 11.5 Å². The molecule has 0 saturated carbocycles. The maximum atomic E-state index is 12.6. The van der Waals surface area contributed by atoms with E-state index in [0.717, 1.165) is 30.4 Å². The van der Waals surface area contributed by atoms with Crippen molar-refractivity contribution < 1.29 is 23.8 Å². The second-order valence-electron chi connectivity index (χ2n) is 6.93. The van der Waals surface area contributed by atoms with E-state index >= 15 is 0 Å². The van der Waals surface area contributed by atoms with E-state index in [9.17, 15) is 9.59 Å². The first kappa shape index (κ1) is 18.8. The molecule has 2 heterocycles. The van der Waals surface area contributed by atoms with Gasteiger partial charge in [0.1, 0.15) is 0 Å². The summed E-state index contributed by atoms with van der Waals surface area (Å²) in [6.07, 6.45) is 4.22. The van der Waals surface area contributed by atoms with Crippen LogP contribution in [0.15, 0.2) is 23.6 Å². The zero-order valence-corrected chi connectivity index (χ0v) is 16.7. The van der Waals surface area contributed by atoms with Gasteiger partial charge in [-0.3, -0.25) is 4.79 Å². The monoisotopic (exact) mass is 401 g/mol. The van der Waals surface area contributed by atoms with Crippen molar-refractivity contribution in [3.05, 3.63) is 45.1 Å². The van der Waals surface area contributed by atoms with Crippen molar-refractivity contribution in [2.45, 2.75) is 39.2 Å². The Morgan fingerprint density at radius 3 is 2.86 bits per heavy atom. The normalized spacial score (nSPS) is 14.5. The second-order valence-corrected chi connectivity index (χ2v) is 7.89. The molecule has 1 amide bonds. The first-order chi connectivity index (χ1) is 13.7. The van der Waals surface area contributed by atoms with Crippen molar-refractivity contribution in [2.24, 2.45) is 0 Å². The average molecular weight is 401 g/mol. The Labute approximate surface area is 168 Å². The lowest BCUT2D eigenvalue weighted by Gasteiger charge is -2.21. The second kappa shape index (κ2) is 8.22. The van der Waals surface area contributed by atoms with Crippen LogP contribution in [0.1, 0.15) is 46.1 Å². The molecule has 0 spiro atoms. The standard InChI is InChI=1S/C21H23NO5S/c1-2-22(10-14-7-8-17-18(9-14)27-13-26-17)20(23)11-25-21(24)16-12-28-19-6-4-3-5-15(16)19/h7-9,12H,2-6,10-11,13H2,1H3. The fourth-order valence-electron chi connectivity index (χ4n) is 3.60. The number of likely N-dealkylation sites (N-methyl/N-ethyl adjacent to an activating group) is 1. The van der Waals surface area contributed by atoms with Crippen LogP contribution < -0.4 is 9.47 Å². The highest BCUT2D eigenvalue weighted by Crippen LogP contribution is 2.33. The molecule has 0 bridgehead atoms. The van der Waals surface area contributed by atoms with E-state index in [1.165, 1.54) is 11.3 Å². The van der Waals surface area contributed by atoms with Gasteiger partial charge in [-0.05, 0) is 55.9 Å². The zero-order chi connectivity index (χ0) is 19.5. The van der Waals surface area contributed by atoms with E-state index in [1.807, 2.05) is 30.5 Å². The first-order valence-electron chi connectivity index (χ1n) is 9.58. The summed E-state index contributed by atoms with van der Waals surface area (Å²) in [5, 5.41) is 1.87. The first-order valence-corrected chi connectivity index (χ1v) is 10.5. The predicted octanol–water partition coefficient (Wildman–Crippen LogP) is 3.56. The summed E-state index contributed by atoms with van der Waals surface area (Å²) in [6, 6.07) is 5.63. The maximum absolute atomic E-state index is 12.6. The van der Waals surface area contributed by atoms with Crippen molar-refractivity contribution in [2.75, 3.05) is 19.9 Å². The molecule has 0 unspecified atom stereocenters. The number of esters is 1. The molecule has 1 aromatic carbocycles. The third-order valence-corrected chi connectivity index (χ3v) is 6.24. The van der Waals surface area contributed by atoms with E-state index in [0.29, 0.717) is 30.2 Å². The third kappa shape index (κ3) is 3.85. The minimum Gasteiger partial charge on any atom is -0.454 e. The van der Waals surface area contributed by atoms with Crippen LogP contribution in [0.2, 0.25) is 0 Å². The minimum atomic E-state index is -0.396. The van der Waals surface area contributed by atoms with Crippen molar-refractivity contribution in [3.63, 3.8) is 0 Å². The zero-order valence-electron chi connectivity index (χ0n) is 15.9. The number of benzene rings is 1. The summed E-state index contributed by atoms with van der Waals surface area (Å²) in [7, 11) is 0. The lowest BCUT2D eigenvalue weighted by Crippen LogP contribution is -2.34. The molecule has 0 saturated heterocycles. The van der Waals surface area contributed by atoms with Crippen LogP contribution in [0.25, 0.3) is 0 Å². The number of amides is 1. The molecule has 4 rings (SSSR count). The predicted molar refractivity (Wildman–Crippen MR) is 105 cm³/mol. The van der Waals surface area contributed by atoms with Crippen LogP contribution in [-0.2, 0) is 28.9 Å². The topological polar surface area (TPSA) is 65.1 Å². The van der Waals surface area contributed by atoms with E-state index < -0.39 is 5.97 Å². The Balaban J connectivity index is 1.35. The molecular weight excluding hydrogens is 378 g/mol. The average Bonchev–Trinajstić information content (AvgIpc) is 3.36. The Bertz CT molecular complexity index is 891. The number of aryl methyl sites for hydroxylation is 1. The van der Waals surface area contributed by atoms with Crippen LogP contribution in [0.3, 0.4) is 0 Å². The van der Waals surface area contributed by atoms with Gasteiger partial charge in [0.15, 0.2) is 18.1 Å². The fourth-order valence-corrected chi connectivity index (χ4v) is 4.71. The summed E-state index contributed by atoms with van der Waals surface area (Å²) in [5.41, 5.74) is 2.69. The highest BCUT2D eigenvalue weighted by molar-refractivity contribution is 7.10. The van der Waals surface area contributed by atoms with Gasteiger partial charge in [0.05, 0.1) is 5.56 Å². The number of rotatable bonds is 6. The molecule has 28 heavy (non-hydrogen) atoms. The molecule has 2 aromatic rings. The SMILES string of the molecule is CCN(Cc1ccc2c(c1)OCO2)C(=O)COC(=O)c1csc2c1CCCC2. The third-order valence-electron chi connectivity index (χ3n) is 5.15. The number of hydrogen-bond donors (Lipinski definition) is 0. The molecule has 0 fully saturated rings. The summed E-state index contributed by atoms with van der Waals surface area (Å²) in [6.45, 7) is 2.83. The molecule has 1 aromatic heterocycles. The summed E-state index contributed by atoms with van der Waals surface area (Å²) in [5.74, 6) is 0.797. The smallest absolute Gasteiger partial charge is 0.339 e. The highest BCUT2D eigenvalue weighted by Gasteiger charge is 2.23. The van der Waals surface area contributed by atoms with E-state index in [1.54, 1.807) is 16.2 Å². The summed E-state index contributed by atoms with van der Waals surface area (Å²) < 4.78 is 16.0. The molecule has 0 atom stereocenters. The van der Waals surface area contributed by atoms with Crippen molar-refractivity contribution >= 4 is 23.2 Å². The molecule has 148 valence electrons. The Kier molecular flexibility index (Phi) is 5.52. The van der Waals surface area contributed by atoms with Gasteiger partial charge in [-0.25, -0.2) is 4.79 Å². The number of nitrogens with zero attached hydrogens (tertiary/aromatic N) is 1. The Hall–Kier alpha value is -2.54. The maximum Gasteiger partial charge on any atom is 0.339 e. The highest BCUT2D eigenvalue weighted by atomic mass is 32.1. The molecule has 0 N–H and O–H groups in total. The molecular formula is C21H23NO5S. The van der Waals surface area contributed by atoms with Crippen LogP contribution in [0.4, 0.5) is 0 Å². The van der Waals surface area contributed by atoms with E-state index in [2.05, 4.69) is 0 Å². The van der Waals surface area contributed by atoms with Gasteiger partial charge in [0, 0.05) is 23.3 Å². The number of fused-ring (bicyclic) bond motifs is 2. The van der Waals surface area contributed by atoms with E-state index in [4.69, 9.17) is 14.2 Å². The molecule has 6 nitrogen and oxygen atoms in total. The lowest BCUT2D eigenvalue weighted by molar-refractivity contribution is -0.134. The van der Waals surface area contributed by atoms with Gasteiger partial charge in [-0.15, -0.1) is 11.3 Å². The minimum absolute atomic E-state index is 0.211. The molecule has 1 aliphatic heterocycles. The molecule has 2 aliphatic rings. The van der Waals surface area contributed by atoms with Crippen LogP contribution >= 0.6 is 11.3 Å². The molecule has 1 aliphatic carbocycles. The number of ether oxygens (including phenoxy) is 3. The number of carbonyl (C=O) groups is 2. The Morgan fingerprint density at radius 2 is 2.00 bits per heavy atom. The summed E-state index contributed by atoms with van der Waals surface area (Å²) >= 11 is 1.62. The number of thiophene rings is 1. The molecule has 7 heteroatoms. The van der Waals surface area contributed by atoms with Gasteiger partial charge in [-0.1, -0.05) is 6.07 Å². The van der Waals surface area contributed by atoms with Crippen LogP contribution in [0, 0.1) is 0 Å². The van der Waals surface area contributed by atoms with Crippen molar-refractivity contribution in [1.29, 1.82) is 0 Å². The Morgan fingerprint density at radius 1 is 1.18 bits per heavy atom. The van der Waals surface area contributed by atoms with E-state index in [-0.39, 0.29) is 19.3 Å². The van der Waals surface area contributed by atoms with Gasteiger partial charge < -0.3 is 19.1 Å². The molecule has 0 radical (unpaired) electrons. The van der Waals surface area contributed by atoms with Gasteiger partial charge in [-0.2, -0.15) is 0 Å². The number of hydrogen-bond acceptors (Lipinski definition) is 6. The van der Waals surface area contributed by atoms with Gasteiger partial charge in [0.25, 0.3) is 5.91 Å². The van der Waals surface area contributed by atoms with Crippen LogP contribution in [-0.4, -0.2) is 36.7 Å². The van der Waals surface area contributed by atoms with Crippen molar-refractivity contribution in [3.8, 4) is 11.5 Å². The fraction of sp³-hybridized carbons (Fsp3) is 0.429. The number of carbonyl (C=O) groups excluding carboxylic acids is 2. The van der Waals surface area contributed by atoms with Gasteiger partial charge in [0.2, 0.25) is 6.79 Å². The lowest BCUT2D eigenvalue weighted by atomic mass is 9.96. The summed E-state index contributed by atoms with van der Waals surface area (Å²) in [4.78, 5) is 28.0. The quantitative estimate of drug-likeness (QED) is 0.693.